The van der Waals surface area contributed by atoms with E-state index in [1.165, 1.54) is 10.9 Å². The fraction of sp³-hybridized carbons (Fsp3) is 0.562. The maximum atomic E-state index is 12.4. The van der Waals surface area contributed by atoms with Crippen LogP contribution in [0.15, 0.2) is 18.5 Å². The summed E-state index contributed by atoms with van der Waals surface area (Å²) in [5.41, 5.74) is 0.513. The van der Waals surface area contributed by atoms with Crippen molar-refractivity contribution in [1.29, 1.82) is 0 Å². The highest BCUT2D eigenvalue weighted by molar-refractivity contribution is 5.94. The highest BCUT2D eigenvalue weighted by Gasteiger charge is 2.28. The molecule has 0 aliphatic rings. The third-order valence-corrected chi connectivity index (χ3v) is 3.15. The summed E-state index contributed by atoms with van der Waals surface area (Å²) in [6.45, 7) is 8.19. The van der Waals surface area contributed by atoms with Crippen molar-refractivity contribution in [2.45, 2.75) is 58.9 Å². The Hall–Kier alpha value is -2.72. The zero-order valence-corrected chi connectivity index (χ0v) is 15.4. The summed E-state index contributed by atoms with van der Waals surface area (Å²) >= 11 is 0. The standard InChI is InChI=1S/C14H21N3O3.C2HF3O2/c1-10(2)17(11(3)4)14(20)12-5-7-16(15-9-12)8-6-13(18)19;3-2(4,5)1(6)7/h5,7,9-11H,6,8H2,1-4H3;(H,6,7). The van der Waals surface area contributed by atoms with Gasteiger partial charge in [0.1, 0.15) is 18.6 Å². The summed E-state index contributed by atoms with van der Waals surface area (Å²) in [6.07, 6.45) is -2.06. The van der Waals surface area contributed by atoms with E-state index >= 15 is 0 Å². The van der Waals surface area contributed by atoms with Crippen LogP contribution < -0.4 is 9.79 Å². The van der Waals surface area contributed by atoms with Gasteiger partial charge in [0.25, 0.3) is 5.91 Å². The number of aromatic nitrogens is 2. The summed E-state index contributed by atoms with van der Waals surface area (Å²) in [7, 11) is 0. The molecule has 0 unspecified atom stereocenters. The molecule has 0 fully saturated rings. The van der Waals surface area contributed by atoms with Crippen LogP contribution >= 0.6 is 0 Å². The number of alkyl halides is 3. The van der Waals surface area contributed by atoms with Crippen LogP contribution in [0.3, 0.4) is 0 Å². The Labute approximate surface area is 154 Å². The Kier molecular flexibility index (Phi) is 9.38. The van der Waals surface area contributed by atoms with Gasteiger partial charge in [0.05, 0.1) is 5.56 Å². The number of carbonyl (C=O) groups excluding carboxylic acids is 2. The van der Waals surface area contributed by atoms with Gasteiger partial charge in [-0.2, -0.15) is 13.2 Å². The van der Waals surface area contributed by atoms with Gasteiger partial charge in [-0.1, -0.05) is 4.68 Å². The lowest BCUT2D eigenvalue weighted by atomic mass is 10.2. The van der Waals surface area contributed by atoms with Crippen LogP contribution in [0.25, 0.3) is 0 Å². The van der Waals surface area contributed by atoms with Gasteiger partial charge < -0.3 is 19.9 Å². The number of nitrogens with zero attached hydrogens (tertiary/aromatic N) is 3. The first-order valence-electron chi connectivity index (χ1n) is 7.95. The van der Waals surface area contributed by atoms with Gasteiger partial charge in [-0.25, -0.2) is 0 Å². The molecule has 8 nitrogen and oxygen atoms in total. The van der Waals surface area contributed by atoms with E-state index in [9.17, 15) is 22.8 Å². The van der Waals surface area contributed by atoms with Gasteiger partial charge in [-0.3, -0.25) is 9.59 Å². The molecule has 0 saturated carbocycles. The SMILES string of the molecule is CC(C)N(C(=O)c1cc[n+](CCC(=O)O)nc1)C(C)C.O=C([O-])C(F)(F)F. The van der Waals surface area contributed by atoms with Crippen LogP contribution in [0.5, 0.6) is 0 Å². The number of amides is 1. The molecule has 1 N–H and O–H groups in total. The molecule has 152 valence electrons. The van der Waals surface area contributed by atoms with E-state index < -0.39 is 18.1 Å². The monoisotopic (exact) mass is 393 g/mol. The topological polar surface area (TPSA) is 115 Å². The first kappa shape index (κ1) is 24.3. The van der Waals surface area contributed by atoms with Gasteiger partial charge >= 0.3 is 12.1 Å². The minimum atomic E-state index is -5.19. The number of carboxylic acids is 2. The minimum absolute atomic E-state index is 0.00900. The van der Waals surface area contributed by atoms with Crippen molar-refractivity contribution in [2.24, 2.45) is 0 Å². The second kappa shape index (κ2) is 10.4. The fourth-order valence-electron chi connectivity index (χ4n) is 2.07. The van der Waals surface area contributed by atoms with Gasteiger partial charge in [0, 0.05) is 18.2 Å². The summed E-state index contributed by atoms with van der Waals surface area (Å²) in [4.78, 5) is 33.4. The second-order valence-electron chi connectivity index (χ2n) is 6.01. The normalized spacial score (nSPS) is 11.0. The van der Waals surface area contributed by atoms with Crippen LogP contribution in [0.2, 0.25) is 0 Å². The molecule has 1 amide bonds. The zero-order chi connectivity index (χ0) is 21.4. The van der Waals surface area contributed by atoms with Crippen LogP contribution in [-0.2, 0) is 16.1 Å². The molecule has 0 aliphatic carbocycles. The molecule has 0 saturated heterocycles. The Morgan fingerprint density at radius 1 is 1.22 bits per heavy atom. The third kappa shape index (κ3) is 8.97. The average molecular weight is 393 g/mol. The molecule has 1 rings (SSSR count). The van der Waals surface area contributed by atoms with E-state index in [2.05, 4.69) is 5.10 Å². The van der Waals surface area contributed by atoms with E-state index in [4.69, 9.17) is 15.0 Å². The zero-order valence-electron chi connectivity index (χ0n) is 15.4. The van der Waals surface area contributed by atoms with Crippen molar-refractivity contribution in [1.82, 2.24) is 10.00 Å². The predicted octanol–water partition coefficient (Wildman–Crippen LogP) is 0.401. The molecule has 1 aromatic rings. The summed E-state index contributed by atoms with van der Waals surface area (Å²) in [5.74, 6) is -3.94. The molecule has 1 aromatic heterocycles. The van der Waals surface area contributed by atoms with Crippen molar-refractivity contribution in [2.75, 3.05) is 0 Å². The van der Waals surface area contributed by atoms with E-state index in [0.29, 0.717) is 12.1 Å². The molecule has 0 radical (unpaired) electrons. The first-order valence-corrected chi connectivity index (χ1v) is 7.95. The van der Waals surface area contributed by atoms with Gasteiger partial charge in [0.2, 0.25) is 0 Å². The highest BCUT2D eigenvalue weighted by atomic mass is 19.4. The number of hydrogen-bond donors (Lipinski definition) is 1. The van der Waals surface area contributed by atoms with Crippen LogP contribution in [-0.4, -0.2) is 51.2 Å². The molecule has 11 heteroatoms. The van der Waals surface area contributed by atoms with E-state index in [1.54, 1.807) is 17.2 Å². The number of aryl methyl sites for hydroxylation is 1. The van der Waals surface area contributed by atoms with Gasteiger partial charge in [0.15, 0.2) is 12.7 Å². The predicted molar refractivity (Wildman–Crippen MR) is 84.2 cm³/mol. The Balaban J connectivity index is 0.000000821. The van der Waals surface area contributed by atoms with E-state index in [1.807, 2.05) is 27.7 Å². The number of aliphatic carboxylic acids is 2. The van der Waals surface area contributed by atoms with Crippen molar-refractivity contribution in [3.63, 3.8) is 0 Å². The average Bonchev–Trinajstić information content (AvgIpc) is 2.52. The summed E-state index contributed by atoms with van der Waals surface area (Å²) in [6, 6.07) is 1.90. The van der Waals surface area contributed by atoms with E-state index in [-0.39, 0.29) is 24.4 Å². The van der Waals surface area contributed by atoms with Crippen molar-refractivity contribution in [3.05, 3.63) is 24.0 Å². The molecule has 27 heavy (non-hydrogen) atoms. The molecule has 1 heterocycles. The van der Waals surface area contributed by atoms with E-state index in [0.717, 1.165) is 0 Å². The largest absolute Gasteiger partial charge is 0.542 e. The lowest BCUT2D eigenvalue weighted by Gasteiger charge is -2.30. The highest BCUT2D eigenvalue weighted by Crippen LogP contribution is 2.12. The molecular weight excluding hydrogens is 371 g/mol. The maximum absolute atomic E-state index is 12.4. The van der Waals surface area contributed by atoms with Gasteiger partial charge in [-0.15, -0.1) is 0 Å². The summed E-state index contributed by atoms with van der Waals surface area (Å²) in [5, 5.41) is 21.5. The molecule has 0 spiro atoms. The number of rotatable bonds is 6. The molecule has 0 atom stereocenters. The molecule has 0 aliphatic heterocycles. The second-order valence-corrected chi connectivity index (χ2v) is 6.01. The molecular formula is C16H22F3N3O5. The van der Waals surface area contributed by atoms with Gasteiger partial charge in [-0.05, 0) is 32.8 Å². The fourth-order valence-corrected chi connectivity index (χ4v) is 2.07. The lowest BCUT2D eigenvalue weighted by molar-refractivity contribution is -0.753. The van der Waals surface area contributed by atoms with Crippen LogP contribution in [0.1, 0.15) is 44.5 Å². The van der Waals surface area contributed by atoms with Crippen LogP contribution in [0, 0.1) is 0 Å². The lowest BCUT2D eigenvalue weighted by Crippen LogP contribution is -2.43. The third-order valence-electron chi connectivity index (χ3n) is 3.15. The Morgan fingerprint density at radius 3 is 2.00 bits per heavy atom. The van der Waals surface area contributed by atoms with Crippen LogP contribution in [0.4, 0.5) is 13.2 Å². The van der Waals surface area contributed by atoms with Crippen molar-refractivity contribution >= 4 is 17.8 Å². The molecule has 0 aromatic carbocycles. The number of carboxylic acid groups (broad SMARTS) is 2. The Bertz CT molecular complexity index is 638. The number of carbonyl (C=O) groups is 3. The van der Waals surface area contributed by atoms with Crippen molar-refractivity contribution < 1.29 is 42.4 Å². The molecule has 0 bridgehead atoms. The quantitative estimate of drug-likeness (QED) is 0.700. The van der Waals surface area contributed by atoms with Crippen molar-refractivity contribution in [3.8, 4) is 0 Å². The Morgan fingerprint density at radius 2 is 1.70 bits per heavy atom. The maximum Gasteiger partial charge on any atom is 0.430 e. The number of halogens is 3. The smallest absolute Gasteiger partial charge is 0.430 e. The minimum Gasteiger partial charge on any atom is -0.542 e. The first-order chi connectivity index (χ1) is 12.3. The number of hydrogen-bond acceptors (Lipinski definition) is 5. The summed E-state index contributed by atoms with van der Waals surface area (Å²) < 4.78 is 33.1.